The molecule has 3 aliphatic rings. The summed E-state index contributed by atoms with van der Waals surface area (Å²) < 4.78 is 0. The van der Waals surface area contributed by atoms with Crippen molar-refractivity contribution in [1.29, 1.82) is 0 Å². The van der Waals surface area contributed by atoms with Crippen LogP contribution in [0.1, 0.15) is 52.8 Å². The van der Waals surface area contributed by atoms with Gasteiger partial charge in [-0.05, 0) is 126 Å². The zero-order valence-electron chi connectivity index (χ0n) is 32.5. The lowest BCUT2D eigenvalue weighted by molar-refractivity contribution is 0.660. The van der Waals surface area contributed by atoms with Gasteiger partial charge < -0.3 is 4.90 Å². The molecule has 11 rings (SSSR count). The van der Waals surface area contributed by atoms with Crippen LogP contribution in [0.3, 0.4) is 0 Å². The van der Waals surface area contributed by atoms with E-state index in [1.807, 2.05) is 18.2 Å². The van der Waals surface area contributed by atoms with Gasteiger partial charge in [-0.2, -0.15) is 5.37 Å². The van der Waals surface area contributed by atoms with Crippen molar-refractivity contribution in [2.24, 2.45) is 0 Å². The lowest BCUT2D eigenvalue weighted by atomic mass is 9.67. The number of fused-ring (bicyclic) bond motifs is 13. The van der Waals surface area contributed by atoms with Gasteiger partial charge in [-0.15, -0.1) is 5.47 Å². The van der Waals surface area contributed by atoms with Crippen molar-refractivity contribution in [2.45, 2.75) is 24.7 Å². The Labute approximate surface area is 345 Å². The largest absolute Gasteiger partial charge is 0.310 e. The van der Waals surface area contributed by atoms with E-state index in [1.165, 1.54) is 66.8 Å². The van der Waals surface area contributed by atoms with E-state index < -0.39 is 5.41 Å². The van der Waals surface area contributed by atoms with Crippen molar-refractivity contribution in [3.8, 4) is 44.5 Å². The minimum Gasteiger partial charge on any atom is -0.310 e. The number of rotatable bonds is 5. The highest BCUT2D eigenvalue weighted by Gasteiger charge is 2.51. The zero-order chi connectivity index (χ0) is 39.3. The van der Waals surface area contributed by atoms with E-state index >= 15 is 0 Å². The molecule has 0 saturated heterocycles. The number of benzene rings is 8. The average molecular weight is 731 g/mol. The van der Waals surface area contributed by atoms with Crippen molar-refractivity contribution in [3.05, 3.63) is 226 Å². The van der Waals surface area contributed by atoms with Crippen LogP contribution in [0, 0.1) is 0 Å². The topological polar surface area (TPSA) is 3.24 Å². The van der Waals surface area contributed by atoms with Crippen LogP contribution in [0.4, 0.5) is 17.1 Å². The van der Waals surface area contributed by atoms with Gasteiger partial charge in [-0.1, -0.05) is 153 Å². The third kappa shape index (κ3) is 4.81. The summed E-state index contributed by atoms with van der Waals surface area (Å²) in [6.45, 7) is 4.70. The number of anilines is 3. The van der Waals surface area contributed by atoms with Crippen molar-refractivity contribution < 1.29 is 0 Å². The van der Waals surface area contributed by atoms with Crippen LogP contribution >= 0.6 is 0 Å². The summed E-state index contributed by atoms with van der Waals surface area (Å²) in [5, 5.41) is 0.118. The van der Waals surface area contributed by atoms with Crippen LogP contribution in [0.2, 0.25) is 0 Å². The van der Waals surface area contributed by atoms with Crippen LogP contribution in [0.15, 0.2) is 187 Å². The molecule has 0 saturated carbocycles. The molecule has 58 heavy (non-hydrogen) atoms. The summed E-state index contributed by atoms with van der Waals surface area (Å²) in [5.41, 5.74) is 21.8. The Bertz CT molecular complexity index is 2960. The van der Waals surface area contributed by atoms with Crippen LogP contribution in [0.25, 0.3) is 50.0 Å². The molecular formula is C54H36B3N. The summed E-state index contributed by atoms with van der Waals surface area (Å²) >= 11 is 0. The second-order valence-electron chi connectivity index (χ2n) is 16.3. The molecule has 8 aromatic rings. The minimum absolute atomic E-state index is 0.118. The van der Waals surface area contributed by atoms with Crippen molar-refractivity contribution in [1.82, 2.24) is 0 Å². The predicted octanol–water partition coefficient (Wildman–Crippen LogP) is 12.6. The molecule has 0 heterocycles. The molecule has 3 aliphatic carbocycles. The first-order chi connectivity index (χ1) is 28.3. The second kappa shape index (κ2) is 12.8. The first-order valence-electron chi connectivity index (χ1n) is 20.0. The van der Waals surface area contributed by atoms with E-state index in [0.29, 0.717) is 5.47 Å². The first kappa shape index (κ1) is 34.7. The standard InChI is InChI=1S/C54H36B3N/c1-53(2)45-18-7-3-14-39(45)43-28-26-37(31-49(43)53)58(36-24-22-33(23-25-36)34-12-11-13-35(30-34)51(55)52(56)57)38-27-29-44-42-17-6-10-21-48(42)54(50(44)32-38)46-19-8-4-15-40(46)41-16-5-9-20-47(41)54/h3-32H,1-2H3. The van der Waals surface area contributed by atoms with Gasteiger partial charge in [-0.3, -0.25) is 0 Å². The molecule has 4 heteroatoms. The van der Waals surface area contributed by atoms with Crippen LogP contribution in [-0.4, -0.2) is 23.5 Å². The van der Waals surface area contributed by atoms with Gasteiger partial charge in [0.25, 0.3) is 0 Å². The highest BCUT2D eigenvalue weighted by molar-refractivity contribution is 6.60. The Morgan fingerprint density at radius 1 is 0.379 bits per heavy atom. The van der Waals surface area contributed by atoms with Gasteiger partial charge in [0, 0.05) is 22.5 Å². The van der Waals surface area contributed by atoms with E-state index in [0.717, 1.165) is 33.8 Å². The molecular weight excluding hydrogens is 695 g/mol. The number of hydrogen-bond acceptors (Lipinski definition) is 1. The zero-order valence-corrected chi connectivity index (χ0v) is 32.5. The maximum absolute atomic E-state index is 6.25. The summed E-state index contributed by atoms with van der Waals surface area (Å²) in [4.78, 5) is 2.43. The molecule has 0 aromatic heterocycles. The van der Waals surface area contributed by atoms with Gasteiger partial charge >= 0.3 is 0 Å². The molecule has 0 amide bonds. The van der Waals surface area contributed by atoms with Crippen molar-refractivity contribution in [2.75, 3.05) is 4.90 Å². The third-order valence-electron chi connectivity index (χ3n) is 13.0. The van der Waals surface area contributed by atoms with Gasteiger partial charge in [0.05, 0.1) is 21.1 Å². The molecule has 0 bridgehead atoms. The average Bonchev–Trinajstić information content (AvgIpc) is 3.82. The lowest BCUT2D eigenvalue weighted by Crippen LogP contribution is -2.26. The summed E-state index contributed by atoms with van der Waals surface area (Å²) in [5.74, 6) is 0. The van der Waals surface area contributed by atoms with Crippen molar-refractivity contribution in [3.63, 3.8) is 0 Å². The molecule has 0 atom stereocenters. The quantitative estimate of drug-likeness (QED) is 0.159. The predicted molar refractivity (Wildman–Crippen MR) is 245 cm³/mol. The highest BCUT2D eigenvalue weighted by atomic mass is 15.1. The fourth-order valence-corrected chi connectivity index (χ4v) is 10.3. The Kier molecular flexibility index (Phi) is 7.63. The van der Waals surface area contributed by atoms with Gasteiger partial charge in [-0.25, -0.2) is 0 Å². The molecule has 0 fully saturated rings. The maximum atomic E-state index is 6.25. The monoisotopic (exact) mass is 731 g/mol. The fraction of sp³-hybridized carbons (Fsp3) is 0.0741. The fourth-order valence-electron chi connectivity index (χ4n) is 10.3. The van der Waals surface area contributed by atoms with E-state index in [9.17, 15) is 0 Å². The minimum atomic E-state index is -0.444. The van der Waals surface area contributed by atoms with Crippen molar-refractivity contribution >= 4 is 46.1 Å². The Morgan fingerprint density at radius 2 is 0.828 bits per heavy atom. The molecule has 1 nitrogen and oxygen atoms in total. The summed E-state index contributed by atoms with van der Waals surface area (Å²) in [6.07, 6.45) is 0. The van der Waals surface area contributed by atoms with Crippen LogP contribution in [0.5, 0.6) is 0 Å². The highest BCUT2D eigenvalue weighted by Crippen LogP contribution is 2.63. The molecule has 6 radical (unpaired) electrons. The molecule has 0 unspecified atom stereocenters. The van der Waals surface area contributed by atoms with Gasteiger partial charge in [0.2, 0.25) is 0 Å². The van der Waals surface area contributed by atoms with E-state index in [1.54, 1.807) is 0 Å². The Balaban J connectivity index is 1.12. The third-order valence-corrected chi connectivity index (χ3v) is 13.0. The number of hydrogen-bond donors (Lipinski definition) is 0. The normalized spacial score (nSPS) is 14.2. The Morgan fingerprint density at radius 3 is 1.38 bits per heavy atom. The van der Waals surface area contributed by atoms with E-state index in [4.69, 9.17) is 23.5 Å². The summed E-state index contributed by atoms with van der Waals surface area (Å²) in [7, 11) is 18.0. The Hall–Kier alpha value is -6.51. The van der Waals surface area contributed by atoms with E-state index in [2.05, 4.69) is 183 Å². The summed E-state index contributed by atoms with van der Waals surface area (Å²) in [6, 6.07) is 66.8. The van der Waals surface area contributed by atoms with Gasteiger partial charge in [0.1, 0.15) is 7.85 Å². The molecule has 0 aliphatic heterocycles. The SMILES string of the molecule is [B]C([B])=C([B])c1cccc(-c2ccc(N(c3ccc4c(c3)C(C)(C)c3ccccc3-4)c3ccc4c(c3)C3(c5ccccc5-c5ccccc53)c3ccccc3-4)cc2)c1. The molecule has 1 spiro atoms. The number of nitrogens with zero attached hydrogens (tertiary/aromatic N) is 1. The molecule has 8 aromatic carbocycles. The van der Waals surface area contributed by atoms with Crippen LogP contribution < -0.4 is 4.90 Å². The maximum Gasteiger partial charge on any atom is 0.112 e. The second-order valence-corrected chi connectivity index (χ2v) is 16.3. The van der Waals surface area contributed by atoms with Gasteiger partial charge in [0.15, 0.2) is 0 Å². The first-order valence-corrected chi connectivity index (χ1v) is 20.0. The van der Waals surface area contributed by atoms with Crippen LogP contribution in [-0.2, 0) is 10.8 Å². The molecule has 266 valence electrons. The van der Waals surface area contributed by atoms with E-state index in [-0.39, 0.29) is 10.8 Å². The molecule has 0 N–H and O–H groups in total. The lowest BCUT2D eigenvalue weighted by Gasteiger charge is -2.32. The smallest absolute Gasteiger partial charge is 0.112 e.